The summed E-state index contributed by atoms with van der Waals surface area (Å²) in [5, 5.41) is 17.9. The Kier molecular flexibility index (Phi) is 4.95. The van der Waals surface area contributed by atoms with E-state index in [-0.39, 0.29) is 23.0 Å². The zero-order chi connectivity index (χ0) is 17.0. The molecule has 0 fully saturated rings. The first kappa shape index (κ1) is 16.5. The van der Waals surface area contributed by atoms with E-state index < -0.39 is 10.8 Å². The van der Waals surface area contributed by atoms with Crippen molar-refractivity contribution in [2.24, 2.45) is 0 Å². The summed E-state index contributed by atoms with van der Waals surface area (Å²) < 4.78 is 6.63. The molecule has 0 radical (unpaired) electrons. The molecule has 1 heterocycles. The molecular weight excluding hydrogens is 300 g/mol. The number of hydrogen-bond donors (Lipinski definition) is 1. The molecule has 0 aliphatic carbocycles. The molecule has 2 rings (SSSR count). The van der Waals surface area contributed by atoms with Gasteiger partial charge in [0.05, 0.1) is 24.3 Å². The molecule has 122 valence electrons. The molecule has 1 atom stereocenters. The molecule has 0 spiro atoms. The van der Waals surface area contributed by atoms with E-state index >= 15 is 0 Å². The molecule has 2 aromatic rings. The molecule has 1 unspecified atom stereocenters. The number of anilines is 1. The van der Waals surface area contributed by atoms with E-state index in [9.17, 15) is 14.9 Å². The van der Waals surface area contributed by atoms with Gasteiger partial charge in [0.25, 0.3) is 5.91 Å². The van der Waals surface area contributed by atoms with E-state index in [4.69, 9.17) is 4.74 Å². The van der Waals surface area contributed by atoms with Gasteiger partial charge in [0.1, 0.15) is 5.82 Å². The predicted molar refractivity (Wildman–Crippen MR) is 84.8 cm³/mol. The van der Waals surface area contributed by atoms with Gasteiger partial charge in [-0.3, -0.25) is 14.9 Å². The highest BCUT2D eigenvalue weighted by Gasteiger charge is 2.19. The number of nitro groups is 1. The topological polar surface area (TPSA) is 99.3 Å². The summed E-state index contributed by atoms with van der Waals surface area (Å²) >= 11 is 0. The first-order chi connectivity index (χ1) is 11.0. The van der Waals surface area contributed by atoms with Crippen LogP contribution in [0.15, 0.2) is 30.5 Å². The third kappa shape index (κ3) is 3.47. The Balaban J connectivity index is 2.27. The molecule has 0 saturated carbocycles. The highest BCUT2D eigenvalue weighted by atomic mass is 16.6. The van der Waals surface area contributed by atoms with Crippen LogP contribution in [0.25, 0.3) is 0 Å². The van der Waals surface area contributed by atoms with Crippen molar-refractivity contribution in [2.75, 3.05) is 12.4 Å². The largest absolute Gasteiger partial charge is 0.490 e. The number of amides is 1. The number of nitrogens with one attached hydrogen (secondary N) is 1. The lowest BCUT2D eigenvalue weighted by Crippen LogP contribution is -2.17. The van der Waals surface area contributed by atoms with E-state index in [1.54, 1.807) is 16.9 Å². The smallest absolute Gasteiger partial charge is 0.311 e. The summed E-state index contributed by atoms with van der Waals surface area (Å²) in [6.07, 6.45) is 2.46. The van der Waals surface area contributed by atoms with Crippen LogP contribution in [0.3, 0.4) is 0 Å². The zero-order valence-electron chi connectivity index (χ0n) is 13.1. The Hall–Kier alpha value is -2.90. The van der Waals surface area contributed by atoms with Crippen LogP contribution in [0.2, 0.25) is 0 Å². The average Bonchev–Trinajstić information content (AvgIpc) is 3.01. The lowest BCUT2D eigenvalue weighted by atomic mass is 10.1. The number of carbonyl (C=O) groups excluding carboxylic acids is 1. The molecule has 0 aliphatic heterocycles. The fraction of sp³-hybridized carbons (Fsp3) is 0.333. The van der Waals surface area contributed by atoms with Gasteiger partial charge in [-0.1, -0.05) is 6.92 Å². The van der Waals surface area contributed by atoms with Gasteiger partial charge >= 0.3 is 5.69 Å². The number of nitro benzene ring substituents is 1. The van der Waals surface area contributed by atoms with E-state index in [1.165, 1.54) is 25.3 Å². The fourth-order valence-electron chi connectivity index (χ4n) is 2.10. The maximum absolute atomic E-state index is 12.3. The van der Waals surface area contributed by atoms with Crippen LogP contribution in [-0.2, 0) is 0 Å². The first-order valence-corrected chi connectivity index (χ1v) is 7.15. The maximum atomic E-state index is 12.3. The van der Waals surface area contributed by atoms with Crippen molar-refractivity contribution in [1.29, 1.82) is 0 Å². The van der Waals surface area contributed by atoms with Gasteiger partial charge in [-0.05, 0) is 25.5 Å². The van der Waals surface area contributed by atoms with Gasteiger partial charge in [-0.2, -0.15) is 5.10 Å². The Morgan fingerprint density at radius 1 is 1.48 bits per heavy atom. The molecule has 1 N–H and O–H groups in total. The second-order valence-corrected chi connectivity index (χ2v) is 5.02. The van der Waals surface area contributed by atoms with Crippen molar-refractivity contribution in [2.45, 2.75) is 26.3 Å². The Bertz CT molecular complexity index is 726. The molecule has 1 aromatic heterocycles. The second kappa shape index (κ2) is 6.91. The van der Waals surface area contributed by atoms with Gasteiger partial charge in [0, 0.05) is 17.7 Å². The number of ether oxygens (including phenoxy) is 1. The number of benzene rings is 1. The molecule has 23 heavy (non-hydrogen) atoms. The summed E-state index contributed by atoms with van der Waals surface area (Å²) in [6.45, 7) is 4.01. The van der Waals surface area contributed by atoms with Crippen LogP contribution in [0.5, 0.6) is 5.75 Å². The second-order valence-electron chi connectivity index (χ2n) is 5.02. The molecule has 8 nitrogen and oxygen atoms in total. The predicted octanol–water partition coefficient (Wildman–Crippen LogP) is 3.02. The number of methoxy groups -OCH3 is 1. The van der Waals surface area contributed by atoms with Crippen molar-refractivity contribution >= 4 is 17.4 Å². The van der Waals surface area contributed by atoms with E-state index in [0.29, 0.717) is 5.82 Å². The van der Waals surface area contributed by atoms with Crippen molar-refractivity contribution in [1.82, 2.24) is 9.78 Å². The van der Waals surface area contributed by atoms with Gasteiger partial charge < -0.3 is 10.1 Å². The van der Waals surface area contributed by atoms with Crippen LogP contribution >= 0.6 is 0 Å². The maximum Gasteiger partial charge on any atom is 0.311 e. The van der Waals surface area contributed by atoms with Crippen molar-refractivity contribution in [3.05, 3.63) is 46.1 Å². The van der Waals surface area contributed by atoms with Gasteiger partial charge in [-0.15, -0.1) is 0 Å². The molecular formula is C15H18N4O4. The Morgan fingerprint density at radius 2 is 2.22 bits per heavy atom. The quantitative estimate of drug-likeness (QED) is 0.652. The number of hydrogen-bond acceptors (Lipinski definition) is 5. The average molecular weight is 318 g/mol. The summed E-state index contributed by atoms with van der Waals surface area (Å²) in [6, 6.07) is 5.88. The number of aromatic nitrogens is 2. The molecule has 0 saturated heterocycles. The van der Waals surface area contributed by atoms with Crippen LogP contribution in [0.1, 0.15) is 36.7 Å². The van der Waals surface area contributed by atoms with Crippen LogP contribution in [-0.4, -0.2) is 27.7 Å². The molecule has 1 aromatic carbocycles. The Labute approximate surface area is 133 Å². The lowest BCUT2D eigenvalue weighted by Gasteiger charge is -2.14. The zero-order valence-corrected chi connectivity index (χ0v) is 13.1. The number of rotatable bonds is 6. The van der Waals surface area contributed by atoms with E-state index in [0.717, 1.165) is 6.42 Å². The SMILES string of the molecule is CCC(C)n1nccc1NC(=O)c1ccc(OC)c([N+](=O)[O-])c1. The van der Waals surface area contributed by atoms with Gasteiger partial charge in [-0.25, -0.2) is 4.68 Å². The fourth-order valence-corrected chi connectivity index (χ4v) is 2.10. The minimum absolute atomic E-state index is 0.108. The highest BCUT2D eigenvalue weighted by molar-refractivity contribution is 6.04. The molecule has 0 bridgehead atoms. The number of carbonyl (C=O) groups is 1. The highest BCUT2D eigenvalue weighted by Crippen LogP contribution is 2.28. The van der Waals surface area contributed by atoms with Crippen molar-refractivity contribution in [3.8, 4) is 5.75 Å². The summed E-state index contributed by atoms with van der Waals surface area (Å²) in [7, 11) is 1.34. The van der Waals surface area contributed by atoms with Gasteiger partial charge in [0.15, 0.2) is 5.75 Å². The van der Waals surface area contributed by atoms with E-state index in [2.05, 4.69) is 10.4 Å². The normalized spacial score (nSPS) is 11.8. The first-order valence-electron chi connectivity index (χ1n) is 7.15. The lowest BCUT2D eigenvalue weighted by molar-refractivity contribution is -0.385. The summed E-state index contributed by atoms with van der Waals surface area (Å²) in [4.78, 5) is 22.8. The minimum Gasteiger partial charge on any atom is -0.490 e. The number of nitrogens with zero attached hydrogens (tertiary/aromatic N) is 3. The van der Waals surface area contributed by atoms with Crippen molar-refractivity contribution in [3.63, 3.8) is 0 Å². The van der Waals surface area contributed by atoms with Crippen LogP contribution in [0, 0.1) is 10.1 Å². The van der Waals surface area contributed by atoms with Crippen molar-refractivity contribution < 1.29 is 14.5 Å². The minimum atomic E-state index is -0.584. The molecule has 1 amide bonds. The summed E-state index contributed by atoms with van der Waals surface area (Å²) in [5.74, 6) is 0.208. The van der Waals surface area contributed by atoms with Crippen LogP contribution in [0.4, 0.5) is 11.5 Å². The summed E-state index contributed by atoms with van der Waals surface area (Å²) in [5.41, 5.74) is -0.0787. The third-order valence-electron chi connectivity index (χ3n) is 3.56. The standard InChI is InChI=1S/C15H18N4O4/c1-4-10(2)18-14(7-8-16-18)17-15(20)11-5-6-13(23-3)12(9-11)19(21)22/h5-10H,4H2,1-3H3,(H,17,20). The van der Waals surface area contributed by atoms with Crippen LogP contribution < -0.4 is 10.1 Å². The molecule has 0 aliphatic rings. The third-order valence-corrected chi connectivity index (χ3v) is 3.56. The molecule has 8 heteroatoms. The Morgan fingerprint density at radius 3 is 2.83 bits per heavy atom. The monoisotopic (exact) mass is 318 g/mol. The van der Waals surface area contributed by atoms with E-state index in [1.807, 2.05) is 13.8 Å². The van der Waals surface area contributed by atoms with Gasteiger partial charge in [0.2, 0.25) is 0 Å².